The predicted molar refractivity (Wildman–Crippen MR) is 69.6 cm³/mol. The molecule has 0 radical (unpaired) electrons. The van der Waals surface area contributed by atoms with Crippen LogP contribution >= 0.6 is 0 Å². The summed E-state index contributed by atoms with van der Waals surface area (Å²) in [5, 5.41) is 4.13. The zero-order valence-electron chi connectivity index (χ0n) is 9.96. The average molecular weight is 254 g/mol. The molecule has 17 heavy (non-hydrogen) atoms. The number of rotatable bonds is 7. The van der Waals surface area contributed by atoms with Crippen molar-refractivity contribution in [3.8, 4) is 0 Å². The van der Waals surface area contributed by atoms with E-state index in [1.165, 1.54) is 11.6 Å². The Labute approximate surface area is 104 Å². The van der Waals surface area contributed by atoms with Gasteiger partial charge in [-0.3, -0.25) is 9.00 Å². The monoisotopic (exact) mass is 254 g/mol. The average Bonchev–Trinajstić information content (AvgIpc) is 2.79. The van der Waals surface area contributed by atoms with Gasteiger partial charge in [-0.25, -0.2) is 0 Å². The lowest BCUT2D eigenvalue weighted by atomic mass is 10.4. The van der Waals surface area contributed by atoms with E-state index in [2.05, 4.69) is 5.32 Å². The highest BCUT2D eigenvalue weighted by Crippen LogP contribution is 1.93. The lowest BCUT2D eigenvalue weighted by Crippen LogP contribution is -2.18. The van der Waals surface area contributed by atoms with Crippen molar-refractivity contribution >= 4 is 16.7 Å². The van der Waals surface area contributed by atoms with Gasteiger partial charge in [-0.05, 0) is 18.6 Å². The molecule has 0 aliphatic carbocycles. The first-order chi connectivity index (χ1) is 8.22. The van der Waals surface area contributed by atoms with Crippen LogP contribution in [0.1, 0.15) is 19.8 Å². The number of carbonyl (C=O) groups is 1. The number of nitrogens with zero attached hydrogens (tertiary/aromatic N) is 1. The van der Waals surface area contributed by atoms with E-state index < -0.39 is 10.8 Å². The number of aromatic nitrogens is 1. The molecular weight excluding hydrogens is 236 g/mol. The lowest BCUT2D eigenvalue weighted by molar-refractivity contribution is -0.120. The molecule has 0 fully saturated rings. The van der Waals surface area contributed by atoms with Crippen molar-refractivity contribution in [2.45, 2.75) is 26.3 Å². The molecule has 0 bridgehead atoms. The Bertz CT molecular complexity index is 385. The van der Waals surface area contributed by atoms with Crippen LogP contribution in [0, 0.1) is 0 Å². The van der Waals surface area contributed by atoms with Crippen molar-refractivity contribution in [2.24, 2.45) is 0 Å². The molecule has 0 saturated carbocycles. The van der Waals surface area contributed by atoms with Crippen LogP contribution in [0.5, 0.6) is 0 Å². The van der Waals surface area contributed by atoms with Crippen molar-refractivity contribution in [3.05, 3.63) is 36.1 Å². The van der Waals surface area contributed by atoms with Gasteiger partial charge in [0.15, 0.2) is 0 Å². The highest BCUT2D eigenvalue weighted by molar-refractivity contribution is 7.87. The van der Waals surface area contributed by atoms with Crippen LogP contribution in [0.4, 0.5) is 0 Å². The van der Waals surface area contributed by atoms with Crippen LogP contribution in [-0.2, 0) is 22.1 Å². The van der Waals surface area contributed by atoms with E-state index in [-0.39, 0.29) is 5.91 Å². The van der Waals surface area contributed by atoms with Gasteiger partial charge < -0.3 is 9.88 Å². The fourth-order valence-electron chi connectivity index (χ4n) is 1.29. The summed E-state index contributed by atoms with van der Waals surface area (Å²) in [6, 6.07) is 3.84. The molecule has 1 N–H and O–H groups in total. The second kappa shape index (κ2) is 7.84. The Balaban J connectivity index is 2.19. The number of amides is 1. The summed E-state index contributed by atoms with van der Waals surface area (Å²) in [4.78, 5) is 11.4. The topological polar surface area (TPSA) is 51.1 Å². The third-order valence-corrected chi connectivity index (χ3v) is 3.38. The first kappa shape index (κ1) is 13.7. The molecule has 1 amide bonds. The van der Waals surface area contributed by atoms with Gasteiger partial charge >= 0.3 is 0 Å². The number of hydrogen-bond donors (Lipinski definition) is 1. The smallest absolute Gasteiger partial charge is 0.225 e. The molecule has 0 aliphatic heterocycles. The molecule has 0 spiro atoms. The molecule has 1 rings (SSSR count). The number of nitrogens with one attached hydrogen (secondary N) is 1. The largest absolute Gasteiger partial charge is 0.354 e. The van der Waals surface area contributed by atoms with Gasteiger partial charge in [-0.2, -0.15) is 0 Å². The minimum absolute atomic E-state index is 0.0663. The zero-order chi connectivity index (χ0) is 12.5. The van der Waals surface area contributed by atoms with Gasteiger partial charge in [0, 0.05) is 53.5 Å². The summed E-state index contributed by atoms with van der Waals surface area (Å²) in [6.07, 6.45) is 6.60. The van der Waals surface area contributed by atoms with E-state index in [1.54, 1.807) is 0 Å². The summed E-state index contributed by atoms with van der Waals surface area (Å²) >= 11 is 0. The van der Waals surface area contributed by atoms with Crippen LogP contribution in [0.15, 0.2) is 36.1 Å². The van der Waals surface area contributed by atoms with Crippen LogP contribution in [-0.4, -0.2) is 20.4 Å². The predicted octanol–water partition coefficient (Wildman–Crippen LogP) is 1.62. The first-order valence-electron chi connectivity index (χ1n) is 5.66. The van der Waals surface area contributed by atoms with E-state index >= 15 is 0 Å². The quantitative estimate of drug-likeness (QED) is 0.804. The van der Waals surface area contributed by atoms with Gasteiger partial charge in [0.05, 0.1) is 0 Å². The van der Waals surface area contributed by atoms with Crippen LogP contribution in [0.2, 0.25) is 0 Å². The highest BCUT2D eigenvalue weighted by Gasteiger charge is 1.98. The molecule has 94 valence electrons. The van der Waals surface area contributed by atoms with Gasteiger partial charge in [-0.15, -0.1) is 0 Å². The number of aryl methyl sites for hydroxylation is 1. The lowest BCUT2D eigenvalue weighted by Gasteiger charge is -2.01. The molecule has 0 aliphatic rings. The maximum atomic E-state index is 11.4. The van der Waals surface area contributed by atoms with E-state index in [4.69, 9.17) is 0 Å². The molecule has 0 saturated heterocycles. The number of hydrogen-bond acceptors (Lipinski definition) is 2. The summed E-state index contributed by atoms with van der Waals surface area (Å²) in [5.74, 6) is 0.568. The molecule has 1 unspecified atom stereocenters. The van der Waals surface area contributed by atoms with Crippen molar-refractivity contribution in [3.63, 3.8) is 0 Å². The zero-order valence-corrected chi connectivity index (χ0v) is 10.8. The Morgan fingerprint density at radius 3 is 2.76 bits per heavy atom. The van der Waals surface area contributed by atoms with Crippen molar-refractivity contribution < 1.29 is 9.00 Å². The van der Waals surface area contributed by atoms with E-state index in [1.807, 2.05) is 36.0 Å². The fraction of sp³-hybridized carbons (Fsp3) is 0.417. The van der Waals surface area contributed by atoms with Gasteiger partial charge in [-0.1, -0.05) is 6.92 Å². The first-order valence-corrected chi connectivity index (χ1v) is 7.04. The fourth-order valence-corrected chi connectivity index (χ4v) is 2.05. The highest BCUT2D eigenvalue weighted by atomic mass is 32.2. The minimum atomic E-state index is -0.970. The van der Waals surface area contributed by atoms with E-state index in [9.17, 15) is 9.00 Å². The van der Waals surface area contributed by atoms with E-state index in [0.717, 1.165) is 6.42 Å². The molecular formula is C12H18N2O2S. The molecule has 1 aromatic heterocycles. The SMILES string of the molecule is CCCS(=O)C=CNC(=O)CCn1cccc1. The Morgan fingerprint density at radius 2 is 2.12 bits per heavy atom. The third-order valence-electron chi connectivity index (χ3n) is 2.13. The van der Waals surface area contributed by atoms with Gasteiger partial charge in [0.2, 0.25) is 5.91 Å². The molecule has 1 aromatic rings. The third kappa shape index (κ3) is 6.06. The Hall–Kier alpha value is -1.36. The summed E-state index contributed by atoms with van der Waals surface area (Å²) in [5.41, 5.74) is 0. The van der Waals surface area contributed by atoms with Crippen LogP contribution < -0.4 is 5.32 Å². The second-order valence-corrected chi connectivity index (χ2v) is 5.07. The van der Waals surface area contributed by atoms with Crippen LogP contribution in [0.25, 0.3) is 0 Å². The Kier molecular flexibility index (Phi) is 6.32. The summed E-state index contributed by atoms with van der Waals surface area (Å²) < 4.78 is 13.2. The van der Waals surface area contributed by atoms with Gasteiger partial charge in [0.25, 0.3) is 0 Å². The van der Waals surface area contributed by atoms with Crippen LogP contribution in [0.3, 0.4) is 0 Å². The maximum Gasteiger partial charge on any atom is 0.225 e. The summed E-state index contributed by atoms with van der Waals surface area (Å²) in [6.45, 7) is 2.63. The Morgan fingerprint density at radius 1 is 1.41 bits per heavy atom. The van der Waals surface area contributed by atoms with Crippen molar-refractivity contribution in [1.82, 2.24) is 9.88 Å². The molecule has 1 atom stereocenters. The molecule has 4 nitrogen and oxygen atoms in total. The maximum absolute atomic E-state index is 11.4. The standard InChI is InChI=1S/C12H18N2O2S/c1-2-10-17(16)11-6-13-12(15)5-9-14-7-3-4-8-14/h3-4,6-8,11H,2,5,9-10H2,1H3,(H,13,15). The second-order valence-electron chi connectivity index (χ2n) is 3.63. The minimum Gasteiger partial charge on any atom is -0.354 e. The van der Waals surface area contributed by atoms with Crippen molar-refractivity contribution in [2.75, 3.05) is 5.75 Å². The molecule has 0 aromatic carbocycles. The number of carbonyl (C=O) groups excluding carboxylic acids is 1. The molecule has 1 heterocycles. The van der Waals surface area contributed by atoms with E-state index in [0.29, 0.717) is 18.7 Å². The normalized spacial score (nSPS) is 12.8. The summed E-state index contributed by atoms with van der Waals surface area (Å²) in [7, 11) is -0.970. The molecule has 5 heteroatoms. The van der Waals surface area contributed by atoms with Crippen molar-refractivity contribution in [1.29, 1.82) is 0 Å². The van der Waals surface area contributed by atoms with Gasteiger partial charge in [0.1, 0.15) is 0 Å².